The van der Waals surface area contributed by atoms with E-state index in [2.05, 4.69) is 172 Å². The molecule has 2 unspecified atom stereocenters. The van der Waals surface area contributed by atoms with Crippen molar-refractivity contribution >= 4 is 27.6 Å². The molecule has 0 saturated carbocycles. The molecule has 1 nitrogen and oxygen atoms in total. The Balaban J connectivity index is 0.979. The third-order valence-electron chi connectivity index (χ3n) is 10.3. The maximum atomic E-state index is 6.61. The number of fused-ring (bicyclic) bond motifs is 6. The molecule has 0 N–H and O–H groups in total. The van der Waals surface area contributed by atoms with Crippen molar-refractivity contribution in [3.05, 3.63) is 174 Å². The molecule has 0 bridgehead atoms. The van der Waals surface area contributed by atoms with Crippen LogP contribution >= 0.6 is 0 Å². The highest BCUT2D eigenvalue weighted by Gasteiger charge is 2.24. The molecule has 1 heterocycles. The van der Waals surface area contributed by atoms with Gasteiger partial charge in [0, 0.05) is 23.0 Å². The third-order valence-corrected chi connectivity index (χ3v) is 10.3. The minimum absolute atomic E-state index is 0.437. The lowest BCUT2D eigenvalue weighted by molar-refractivity contribution is 0.594. The Morgan fingerprint density at radius 3 is 1.79 bits per heavy atom. The van der Waals surface area contributed by atoms with Crippen LogP contribution in [0.2, 0.25) is 0 Å². The molecule has 0 fully saturated rings. The normalized spacial score (nSPS) is 16.5. The van der Waals surface area contributed by atoms with Crippen molar-refractivity contribution in [3.63, 3.8) is 0 Å². The van der Waals surface area contributed by atoms with Gasteiger partial charge in [0.05, 0.1) is 0 Å². The van der Waals surface area contributed by atoms with Crippen molar-refractivity contribution in [1.82, 2.24) is 0 Å². The Morgan fingerprint density at radius 2 is 1.04 bits per heavy atom. The molecule has 0 radical (unpaired) electrons. The second-order valence-electron chi connectivity index (χ2n) is 13.0. The summed E-state index contributed by atoms with van der Waals surface area (Å²) in [6, 6.07) is 44.3. The number of hydrogen-bond acceptors (Lipinski definition) is 1. The summed E-state index contributed by atoms with van der Waals surface area (Å²) in [6.07, 6.45) is 13.6. The summed E-state index contributed by atoms with van der Waals surface area (Å²) >= 11 is 0. The number of benzene rings is 6. The fourth-order valence-electron chi connectivity index (χ4n) is 7.50. The summed E-state index contributed by atoms with van der Waals surface area (Å²) in [5.41, 5.74) is 12.1. The van der Waals surface area contributed by atoms with Crippen LogP contribution in [-0.4, -0.2) is 0 Å². The van der Waals surface area contributed by atoms with E-state index < -0.39 is 0 Å². The molecule has 0 aliphatic heterocycles. The first kappa shape index (κ1) is 27.6. The van der Waals surface area contributed by atoms with Gasteiger partial charge in [-0.1, -0.05) is 146 Å². The predicted molar refractivity (Wildman–Crippen MR) is 198 cm³/mol. The van der Waals surface area contributed by atoms with Crippen LogP contribution in [0.15, 0.2) is 156 Å². The number of allylic oxidation sites excluding steroid dienone is 5. The van der Waals surface area contributed by atoms with Gasteiger partial charge in [0.1, 0.15) is 11.5 Å². The summed E-state index contributed by atoms with van der Waals surface area (Å²) in [5.74, 6) is 2.77. The van der Waals surface area contributed by atoms with Crippen molar-refractivity contribution in [2.75, 3.05) is 0 Å². The summed E-state index contributed by atoms with van der Waals surface area (Å²) in [4.78, 5) is 0. The van der Waals surface area contributed by atoms with Gasteiger partial charge in [-0.15, -0.1) is 0 Å². The fraction of sp³-hybridized carbons (Fsp3) is 0.0870. The van der Waals surface area contributed by atoms with E-state index in [0.717, 1.165) is 22.6 Å². The van der Waals surface area contributed by atoms with Crippen LogP contribution in [0.5, 0.6) is 0 Å². The molecule has 6 aromatic carbocycles. The van der Waals surface area contributed by atoms with E-state index in [1.165, 1.54) is 66.1 Å². The van der Waals surface area contributed by atoms with Crippen molar-refractivity contribution < 1.29 is 4.42 Å². The van der Waals surface area contributed by atoms with Crippen molar-refractivity contribution in [2.45, 2.75) is 19.8 Å². The number of rotatable bonds is 4. The molecule has 0 spiro atoms. The highest BCUT2D eigenvalue weighted by Crippen LogP contribution is 2.41. The zero-order valence-electron chi connectivity index (χ0n) is 26.6. The van der Waals surface area contributed by atoms with Crippen LogP contribution in [0.4, 0.5) is 0 Å². The van der Waals surface area contributed by atoms with Gasteiger partial charge in [-0.2, -0.15) is 0 Å². The highest BCUT2D eigenvalue weighted by molar-refractivity contribution is 6.08. The van der Waals surface area contributed by atoms with Gasteiger partial charge >= 0.3 is 0 Å². The Kier molecular flexibility index (Phi) is 6.47. The van der Waals surface area contributed by atoms with Crippen LogP contribution < -0.4 is 0 Å². The molecule has 224 valence electrons. The smallest absolute Gasteiger partial charge is 0.137 e. The SMILES string of the molecule is Cc1c(-c2ccc(-c3ccc4c(c3)C=CC3C=CC=CC43)cc2)oc(-c2ccc(-c3ccc4c(ccc5ccccc54)c3)cc2)c1C. The van der Waals surface area contributed by atoms with Crippen LogP contribution in [0.3, 0.4) is 0 Å². The highest BCUT2D eigenvalue weighted by atomic mass is 16.3. The largest absolute Gasteiger partial charge is 0.456 e. The van der Waals surface area contributed by atoms with Crippen molar-refractivity contribution in [2.24, 2.45) is 5.92 Å². The van der Waals surface area contributed by atoms with Crippen LogP contribution in [0.25, 0.3) is 72.5 Å². The molecule has 47 heavy (non-hydrogen) atoms. The van der Waals surface area contributed by atoms with Gasteiger partial charge in [-0.05, 0) is 92.0 Å². The average molecular weight is 603 g/mol. The molecule has 7 aromatic rings. The predicted octanol–water partition coefficient (Wildman–Crippen LogP) is 12.7. The average Bonchev–Trinajstić information content (AvgIpc) is 3.44. The molecule has 2 aliphatic rings. The first-order valence-electron chi connectivity index (χ1n) is 16.5. The summed E-state index contributed by atoms with van der Waals surface area (Å²) < 4.78 is 6.61. The lowest BCUT2D eigenvalue weighted by atomic mass is 9.76. The van der Waals surface area contributed by atoms with Crippen molar-refractivity contribution in [3.8, 4) is 44.9 Å². The molecule has 0 saturated heterocycles. The van der Waals surface area contributed by atoms with Crippen LogP contribution in [0.1, 0.15) is 28.2 Å². The Labute approximate surface area is 275 Å². The molecule has 2 atom stereocenters. The molecule has 1 aromatic heterocycles. The van der Waals surface area contributed by atoms with E-state index in [0.29, 0.717) is 11.8 Å². The van der Waals surface area contributed by atoms with Gasteiger partial charge in [0.25, 0.3) is 0 Å². The summed E-state index contributed by atoms with van der Waals surface area (Å²) in [6.45, 7) is 4.33. The van der Waals surface area contributed by atoms with Crippen LogP contribution in [-0.2, 0) is 0 Å². The molecular weight excluding hydrogens is 569 g/mol. The maximum Gasteiger partial charge on any atom is 0.137 e. The van der Waals surface area contributed by atoms with Gasteiger partial charge in [0.15, 0.2) is 0 Å². The molecule has 2 aliphatic carbocycles. The van der Waals surface area contributed by atoms with Crippen LogP contribution in [0, 0.1) is 19.8 Å². The quantitative estimate of drug-likeness (QED) is 0.183. The standard InChI is InChI=1S/C46H34O/c1-29-30(2)46(36-19-13-32(14-20-36)38-24-26-44-40(28-38)22-16-34-8-4-6-10-42(34)44)47-45(29)35-17-11-31(12-18-35)37-23-25-43-39(27-37)21-15-33-7-3-5-9-41(33)43/h3-28,33,41H,1-2H3. The second-order valence-corrected chi connectivity index (χ2v) is 13.0. The van der Waals surface area contributed by atoms with E-state index in [-0.39, 0.29) is 0 Å². The van der Waals surface area contributed by atoms with Crippen molar-refractivity contribution in [1.29, 1.82) is 0 Å². The molecular formula is C46H34O. The lowest BCUT2D eigenvalue weighted by Gasteiger charge is -2.27. The molecule has 9 rings (SSSR count). The van der Waals surface area contributed by atoms with Gasteiger partial charge in [-0.25, -0.2) is 0 Å². The third kappa shape index (κ3) is 4.70. The Hall–Kier alpha value is -5.66. The minimum atomic E-state index is 0.437. The topological polar surface area (TPSA) is 13.1 Å². The molecule has 1 heteroatoms. The second kappa shape index (κ2) is 11.0. The Bertz CT molecular complexity index is 2410. The zero-order chi connectivity index (χ0) is 31.5. The minimum Gasteiger partial charge on any atom is -0.456 e. The summed E-state index contributed by atoms with van der Waals surface area (Å²) in [7, 11) is 0. The van der Waals surface area contributed by atoms with Gasteiger partial charge < -0.3 is 4.42 Å². The lowest BCUT2D eigenvalue weighted by Crippen LogP contribution is -2.13. The van der Waals surface area contributed by atoms with E-state index >= 15 is 0 Å². The number of hydrogen-bond donors (Lipinski definition) is 0. The maximum absolute atomic E-state index is 6.61. The van der Waals surface area contributed by atoms with E-state index in [1.807, 2.05) is 0 Å². The van der Waals surface area contributed by atoms with Gasteiger partial charge in [-0.3, -0.25) is 0 Å². The monoisotopic (exact) mass is 602 g/mol. The first-order chi connectivity index (χ1) is 23.1. The zero-order valence-corrected chi connectivity index (χ0v) is 26.6. The first-order valence-corrected chi connectivity index (χ1v) is 16.5. The Morgan fingerprint density at radius 1 is 0.468 bits per heavy atom. The van der Waals surface area contributed by atoms with E-state index in [9.17, 15) is 0 Å². The van der Waals surface area contributed by atoms with E-state index in [1.54, 1.807) is 0 Å². The fourth-order valence-corrected chi connectivity index (χ4v) is 7.50. The van der Waals surface area contributed by atoms with E-state index in [4.69, 9.17) is 4.42 Å². The molecule has 0 amide bonds. The summed E-state index contributed by atoms with van der Waals surface area (Å²) in [5, 5.41) is 5.12. The number of furan rings is 1. The van der Waals surface area contributed by atoms with Gasteiger partial charge in [0.2, 0.25) is 0 Å².